The maximum atomic E-state index is 14.0. The summed E-state index contributed by atoms with van der Waals surface area (Å²) in [5.41, 5.74) is 1.56. The first-order valence-electron chi connectivity index (χ1n) is 6.08. The van der Waals surface area contributed by atoms with Crippen molar-refractivity contribution in [2.24, 2.45) is 0 Å². The molecule has 2 aromatic carbocycles. The van der Waals surface area contributed by atoms with E-state index in [1.54, 1.807) is 18.2 Å². The van der Waals surface area contributed by atoms with Crippen LogP contribution in [0.1, 0.15) is 17.2 Å². The summed E-state index contributed by atoms with van der Waals surface area (Å²) in [6.07, 6.45) is 0.488. The Morgan fingerprint density at radius 3 is 2.70 bits per heavy atom. The molecule has 0 heterocycles. The van der Waals surface area contributed by atoms with Crippen LogP contribution in [-0.4, -0.2) is 7.05 Å². The van der Waals surface area contributed by atoms with E-state index in [9.17, 15) is 4.39 Å². The summed E-state index contributed by atoms with van der Waals surface area (Å²) in [5, 5.41) is 3.97. The monoisotopic (exact) mass is 375 g/mol. The van der Waals surface area contributed by atoms with Gasteiger partial charge in [-0.15, -0.1) is 0 Å². The van der Waals surface area contributed by atoms with Gasteiger partial charge in [0.15, 0.2) is 0 Å². The van der Waals surface area contributed by atoms with E-state index in [2.05, 4.69) is 21.2 Å². The predicted molar refractivity (Wildman–Crippen MR) is 86.1 cm³/mol. The second kappa shape index (κ2) is 6.90. The van der Waals surface area contributed by atoms with Gasteiger partial charge in [0.25, 0.3) is 0 Å². The van der Waals surface area contributed by atoms with E-state index in [1.165, 1.54) is 0 Å². The minimum absolute atomic E-state index is 0.0592. The summed E-state index contributed by atoms with van der Waals surface area (Å²) in [6.45, 7) is 0. The van der Waals surface area contributed by atoms with Crippen LogP contribution in [0.3, 0.4) is 0 Å². The minimum atomic E-state index is -0.368. The number of benzene rings is 2. The zero-order valence-electron chi connectivity index (χ0n) is 10.8. The van der Waals surface area contributed by atoms with E-state index in [0.29, 0.717) is 17.0 Å². The second-order valence-electron chi connectivity index (χ2n) is 4.42. The molecule has 2 aromatic rings. The molecule has 1 atom stereocenters. The van der Waals surface area contributed by atoms with Crippen LogP contribution in [-0.2, 0) is 6.42 Å². The number of rotatable bonds is 4. The van der Waals surface area contributed by atoms with Gasteiger partial charge in [0.05, 0.1) is 5.02 Å². The second-order valence-corrected chi connectivity index (χ2v) is 6.12. The number of likely N-dealkylation sites (N-methyl/N-ethyl adjacent to an activating group) is 1. The molecule has 0 aliphatic rings. The Labute approximate surface area is 136 Å². The van der Waals surface area contributed by atoms with E-state index >= 15 is 0 Å². The molecule has 0 radical (unpaired) electrons. The van der Waals surface area contributed by atoms with Crippen LogP contribution in [0.5, 0.6) is 0 Å². The lowest BCUT2D eigenvalue weighted by molar-refractivity contribution is 0.553. The van der Waals surface area contributed by atoms with E-state index < -0.39 is 0 Å². The molecule has 1 unspecified atom stereocenters. The van der Waals surface area contributed by atoms with Gasteiger partial charge in [0, 0.05) is 15.5 Å². The van der Waals surface area contributed by atoms with Crippen LogP contribution in [0.25, 0.3) is 0 Å². The number of nitrogens with one attached hydrogen (secondary N) is 1. The molecule has 1 N–H and O–H groups in total. The quantitative estimate of drug-likeness (QED) is 0.753. The third-order valence-electron chi connectivity index (χ3n) is 3.14. The molecule has 0 aliphatic carbocycles. The van der Waals surface area contributed by atoms with Crippen LogP contribution in [0.15, 0.2) is 40.9 Å². The molecule has 0 aliphatic heterocycles. The Hall–Kier alpha value is -0.610. The van der Waals surface area contributed by atoms with Crippen LogP contribution >= 0.6 is 39.1 Å². The van der Waals surface area contributed by atoms with E-state index in [4.69, 9.17) is 23.2 Å². The molecule has 0 saturated heterocycles. The molecule has 1 nitrogen and oxygen atoms in total. The molecule has 0 fully saturated rings. The maximum absolute atomic E-state index is 14.0. The molecule has 5 heteroatoms. The lowest BCUT2D eigenvalue weighted by atomic mass is 9.98. The standard InChI is InChI=1S/C15H13BrCl2FN/c1-20-14(11-8-10(17)5-6-12(11)16)7-9-3-2-4-13(18)15(9)19/h2-6,8,14,20H,7H2,1H3. The van der Waals surface area contributed by atoms with Crippen molar-refractivity contribution in [2.45, 2.75) is 12.5 Å². The summed E-state index contributed by atoms with van der Waals surface area (Å²) in [4.78, 5) is 0. The van der Waals surface area contributed by atoms with Gasteiger partial charge in [-0.05, 0) is 48.9 Å². The molecule has 20 heavy (non-hydrogen) atoms. The summed E-state index contributed by atoms with van der Waals surface area (Å²) >= 11 is 15.4. The maximum Gasteiger partial charge on any atom is 0.145 e. The van der Waals surface area contributed by atoms with E-state index in [-0.39, 0.29) is 16.9 Å². The fraction of sp³-hybridized carbons (Fsp3) is 0.200. The van der Waals surface area contributed by atoms with Crippen LogP contribution in [0.2, 0.25) is 10.0 Å². The highest BCUT2D eigenvalue weighted by atomic mass is 79.9. The normalized spacial score (nSPS) is 12.4. The van der Waals surface area contributed by atoms with Crippen molar-refractivity contribution in [1.29, 1.82) is 0 Å². The third kappa shape index (κ3) is 3.53. The zero-order valence-corrected chi connectivity index (χ0v) is 13.9. The lowest BCUT2D eigenvalue weighted by Crippen LogP contribution is -2.20. The predicted octanol–water partition coefficient (Wildman–Crippen LogP) is 5.40. The van der Waals surface area contributed by atoms with Crippen molar-refractivity contribution in [3.05, 3.63) is 67.9 Å². The molecular formula is C15H13BrCl2FN. The number of halogens is 4. The van der Waals surface area contributed by atoms with Crippen molar-refractivity contribution < 1.29 is 4.39 Å². The smallest absolute Gasteiger partial charge is 0.145 e. The largest absolute Gasteiger partial charge is 0.313 e. The Balaban J connectivity index is 2.34. The Morgan fingerprint density at radius 1 is 1.25 bits per heavy atom. The highest BCUT2D eigenvalue weighted by molar-refractivity contribution is 9.10. The van der Waals surface area contributed by atoms with Gasteiger partial charge < -0.3 is 5.32 Å². The van der Waals surface area contributed by atoms with Crippen LogP contribution in [0.4, 0.5) is 4.39 Å². The van der Waals surface area contributed by atoms with E-state index in [0.717, 1.165) is 10.0 Å². The highest BCUT2D eigenvalue weighted by Crippen LogP contribution is 2.30. The van der Waals surface area contributed by atoms with Gasteiger partial charge >= 0.3 is 0 Å². The van der Waals surface area contributed by atoms with Gasteiger partial charge in [-0.1, -0.05) is 51.3 Å². The molecule has 0 aromatic heterocycles. The van der Waals surface area contributed by atoms with Crippen LogP contribution < -0.4 is 5.32 Å². The molecule has 0 bridgehead atoms. The molecule has 106 valence electrons. The van der Waals surface area contributed by atoms with Crippen LogP contribution in [0, 0.1) is 5.82 Å². The molecular weight excluding hydrogens is 364 g/mol. The first-order valence-corrected chi connectivity index (χ1v) is 7.63. The van der Waals surface area contributed by atoms with Gasteiger partial charge in [0.2, 0.25) is 0 Å². The summed E-state index contributed by atoms with van der Waals surface area (Å²) < 4.78 is 14.9. The lowest BCUT2D eigenvalue weighted by Gasteiger charge is -2.19. The Morgan fingerprint density at radius 2 is 2.00 bits per heavy atom. The summed E-state index contributed by atoms with van der Waals surface area (Å²) in [5.74, 6) is -0.368. The molecule has 0 saturated carbocycles. The van der Waals surface area contributed by atoms with Gasteiger partial charge in [-0.3, -0.25) is 0 Å². The summed E-state index contributed by atoms with van der Waals surface area (Å²) in [6, 6.07) is 10.5. The number of hydrogen-bond acceptors (Lipinski definition) is 1. The summed E-state index contributed by atoms with van der Waals surface area (Å²) in [7, 11) is 1.83. The third-order valence-corrected chi connectivity index (χ3v) is 4.39. The average molecular weight is 377 g/mol. The first-order chi connectivity index (χ1) is 9.52. The Kier molecular flexibility index (Phi) is 5.44. The van der Waals surface area contributed by atoms with Gasteiger partial charge in [0.1, 0.15) is 5.82 Å². The van der Waals surface area contributed by atoms with Crippen molar-refractivity contribution in [1.82, 2.24) is 5.32 Å². The fourth-order valence-electron chi connectivity index (χ4n) is 2.08. The van der Waals surface area contributed by atoms with Crippen molar-refractivity contribution >= 4 is 39.1 Å². The van der Waals surface area contributed by atoms with Gasteiger partial charge in [-0.25, -0.2) is 4.39 Å². The molecule has 0 amide bonds. The van der Waals surface area contributed by atoms with Crippen molar-refractivity contribution in [3.63, 3.8) is 0 Å². The molecule has 2 rings (SSSR count). The minimum Gasteiger partial charge on any atom is -0.313 e. The van der Waals surface area contributed by atoms with E-state index in [1.807, 2.05) is 25.2 Å². The van der Waals surface area contributed by atoms with Gasteiger partial charge in [-0.2, -0.15) is 0 Å². The first kappa shape index (κ1) is 15.8. The topological polar surface area (TPSA) is 12.0 Å². The number of hydrogen-bond donors (Lipinski definition) is 1. The fourth-order valence-corrected chi connectivity index (χ4v) is 2.97. The average Bonchev–Trinajstić information content (AvgIpc) is 2.43. The molecule has 0 spiro atoms. The SMILES string of the molecule is CNC(Cc1cccc(Cl)c1F)c1cc(Cl)ccc1Br. The van der Waals surface area contributed by atoms with Crippen molar-refractivity contribution in [3.8, 4) is 0 Å². The van der Waals surface area contributed by atoms with Crippen molar-refractivity contribution in [2.75, 3.05) is 7.05 Å². The highest BCUT2D eigenvalue weighted by Gasteiger charge is 2.17. The Bertz CT molecular complexity index is 619. The zero-order chi connectivity index (χ0) is 14.7.